The maximum atomic E-state index is 13.1. The Labute approximate surface area is 205 Å². The standard InChI is InChI=1S/C30H28N4O/c1-33(29(35)21-31-19-18-23-10-4-2-5-11-23)28-22-34(27-14-6-3-7-15-27)32-30(28)26-17-16-24-12-8-9-13-25(24)20-26/h2-17,20,22,31H,18-19,21H2,1H3. The van der Waals surface area contributed by atoms with Gasteiger partial charge in [0, 0.05) is 12.6 Å². The molecule has 1 aromatic heterocycles. The molecule has 1 amide bonds. The van der Waals surface area contributed by atoms with Crippen molar-refractivity contribution < 1.29 is 4.79 Å². The van der Waals surface area contributed by atoms with Crippen molar-refractivity contribution in [2.24, 2.45) is 0 Å². The van der Waals surface area contributed by atoms with E-state index in [4.69, 9.17) is 5.10 Å². The number of hydrogen-bond acceptors (Lipinski definition) is 3. The largest absolute Gasteiger partial charge is 0.311 e. The highest BCUT2D eigenvalue weighted by Crippen LogP contribution is 2.32. The molecule has 0 fully saturated rings. The molecule has 35 heavy (non-hydrogen) atoms. The monoisotopic (exact) mass is 460 g/mol. The number of carbonyl (C=O) groups is 1. The molecular weight excluding hydrogens is 432 g/mol. The Morgan fingerprint density at radius 3 is 2.31 bits per heavy atom. The Hall–Kier alpha value is -4.22. The second-order valence-electron chi connectivity index (χ2n) is 8.57. The molecule has 1 heterocycles. The summed E-state index contributed by atoms with van der Waals surface area (Å²) in [4.78, 5) is 14.8. The van der Waals surface area contributed by atoms with E-state index in [1.165, 1.54) is 10.9 Å². The first-order valence-corrected chi connectivity index (χ1v) is 11.8. The maximum absolute atomic E-state index is 13.1. The van der Waals surface area contributed by atoms with E-state index in [1.807, 2.05) is 78.6 Å². The molecule has 5 heteroatoms. The smallest absolute Gasteiger partial charge is 0.240 e. The fraction of sp³-hybridized carbons (Fsp3) is 0.133. The number of para-hydroxylation sites is 1. The van der Waals surface area contributed by atoms with Crippen LogP contribution in [0.25, 0.3) is 27.7 Å². The van der Waals surface area contributed by atoms with E-state index in [0.29, 0.717) is 0 Å². The van der Waals surface area contributed by atoms with Crippen molar-refractivity contribution in [2.45, 2.75) is 6.42 Å². The molecule has 5 rings (SSSR count). The molecule has 0 radical (unpaired) electrons. The Morgan fingerprint density at radius 1 is 0.857 bits per heavy atom. The number of anilines is 1. The van der Waals surface area contributed by atoms with Gasteiger partial charge in [-0.1, -0.05) is 84.9 Å². The zero-order valence-corrected chi connectivity index (χ0v) is 19.8. The van der Waals surface area contributed by atoms with Gasteiger partial charge in [-0.05, 0) is 47.5 Å². The third-order valence-electron chi connectivity index (χ3n) is 6.18. The van der Waals surface area contributed by atoms with Gasteiger partial charge in [0.25, 0.3) is 0 Å². The molecule has 0 atom stereocenters. The second kappa shape index (κ2) is 10.4. The number of nitrogens with one attached hydrogen (secondary N) is 1. The number of likely N-dealkylation sites (N-methyl/N-ethyl adjacent to an activating group) is 1. The summed E-state index contributed by atoms with van der Waals surface area (Å²) in [7, 11) is 1.82. The van der Waals surface area contributed by atoms with E-state index in [-0.39, 0.29) is 12.5 Å². The highest BCUT2D eigenvalue weighted by molar-refractivity contribution is 5.98. The van der Waals surface area contributed by atoms with Crippen molar-refractivity contribution in [1.29, 1.82) is 0 Å². The van der Waals surface area contributed by atoms with Gasteiger partial charge in [0.15, 0.2) is 0 Å². The summed E-state index contributed by atoms with van der Waals surface area (Å²) >= 11 is 0. The SMILES string of the molecule is CN(C(=O)CNCCc1ccccc1)c1cn(-c2ccccc2)nc1-c1ccc2ccccc2c1. The Kier molecular flexibility index (Phi) is 6.68. The lowest BCUT2D eigenvalue weighted by atomic mass is 10.0. The molecule has 0 aliphatic heterocycles. The van der Waals surface area contributed by atoms with Crippen molar-refractivity contribution in [1.82, 2.24) is 15.1 Å². The average Bonchev–Trinajstić information content (AvgIpc) is 3.37. The van der Waals surface area contributed by atoms with E-state index in [9.17, 15) is 4.79 Å². The summed E-state index contributed by atoms with van der Waals surface area (Å²) in [5.41, 5.74) is 4.73. The molecular formula is C30H28N4O. The van der Waals surface area contributed by atoms with Gasteiger partial charge in [-0.2, -0.15) is 5.10 Å². The lowest BCUT2D eigenvalue weighted by Gasteiger charge is -2.17. The average molecular weight is 461 g/mol. The number of hydrogen-bond donors (Lipinski definition) is 1. The molecule has 0 bridgehead atoms. The minimum atomic E-state index is -0.00675. The van der Waals surface area contributed by atoms with E-state index < -0.39 is 0 Å². The van der Waals surface area contributed by atoms with Crippen molar-refractivity contribution in [3.05, 3.63) is 115 Å². The second-order valence-corrected chi connectivity index (χ2v) is 8.57. The zero-order chi connectivity index (χ0) is 24.0. The van der Waals surface area contributed by atoms with Crippen LogP contribution >= 0.6 is 0 Å². The highest BCUT2D eigenvalue weighted by atomic mass is 16.2. The van der Waals surface area contributed by atoms with Crippen molar-refractivity contribution >= 4 is 22.4 Å². The topological polar surface area (TPSA) is 50.2 Å². The number of nitrogens with zero attached hydrogens (tertiary/aromatic N) is 3. The van der Waals surface area contributed by atoms with Crippen molar-refractivity contribution in [3.8, 4) is 16.9 Å². The number of carbonyl (C=O) groups excluding carboxylic acids is 1. The van der Waals surface area contributed by atoms with Crippen LogP contribution in [-0.4, -0.2) is 35.8 Å². The fourth-order valence-corrected chi connectivity index (χ4v) is 4.19. The van der Waals surface area contributed by atoms with Gasteiger partial charge >= 0.3 is 0 Å². The summed E-state index contributed by atoms with van der Waals surface area (Å²) in [5.74, 6) is -0.00675. The summed E-state index contributed by atoms with van der Waals surface area (Å²) in [5, 5.41) is 10.5. The molecule has 0 saturated carbocycles. The molecule has 0 saturated heterocycles. The summed E-state index contributed by atoms with van der Waals surface area (Å²) in [6.07, 6.45) is 2.81. The summed E-state index contributed by atoms with van der Waals surface area (Å²) in [6, 6.07) is 34.8. The van der Waals surface area contributed by atoms with Crippen LogP contribution in [0.5, 0.6) is 0 Å². The summed E-state index contributed by atoms with van der Waals surface area (Å²) in [6.45, 7) is 1.00. The summed E-state index contributed by atoms with van der Waals surface area (Å²) < 4.78 is 1.84. The lowest BCUT2D eigenvalue weighted by molar-refractivity contribution is -0.117. The molecule has 4 aromatic carbocycles. The molecule has 5 nitrogen and oxygen atoms in total. The minimum absolute atomic E-state index is 0.00675. The van der Waals surface area contributed by atoms with Gasteiger partial charge in [0.2, 0.25) is 5.91 Å². The quantitative estimate of drug-likeness (QED) is 0.312. The first-order chi connectivity index (χ1) is 17.2. The van der Waals surface area contributed by atoms with E-state index in [1.54, 1.807) is 4.90 Å². The van der Waals surface area contributed by atoms with Crippen LogP contribution in [0.15, 0.2) is 109 Å². The van der Waals surface area contributed by atoms with E-state index in [0.717, 1.165) is 41.0 Å². The first-order valence-electron chi connectivity index (χ1n) is 11.8. The zero-order valence-electron chi connectivity index (χ0n) is 19.8. The highest BCUT2D eigenvalue weighted by Gasteiger charge is 2.20. The van der Waals surface area contributed by atoms with Gasteiger partial charge in [0.1, 0.15) is 5.69 Å². The molecule has 0 unspecified atom stereocenters. The molecule has 5 aromatic rings. The van der Waals surface area contributed by atoms with Crippen LogP contribution in [0, 0.1) is 0 Å². The van der Waals surface area contributed by atoms with Gasteiger partial charge < -0.3 is 10.2 Å². The fourth-order valence-electron chi connectivity index (χ4n) is 4.19. The lowest BCUT2D eigenvalue weighted by Crippen LogP contribution is -2.36. The van der Waals surface area contributed by atoms with Crippen LogP contribution in [0.4, 0.5) is 5.69 Å². The third-order valence-corrected chi connectivity index (χ3v) is 6.18. The van der Waals surface area contributed by atoms with Crippen molar-refractivity contribution in [3.63, 3.8) is 0 Å². The predicted molar refractivity (Wildman–Crippen MR) is 143 cm³/mol. The molecule has 0 aliphatic rings. The van der Waals surface area contributed by atoms with Gasteiger partial charge in [-0.25, -0.2) is 4.68 Å². The Morgan fingerprint density at radius 2 is 1.54 bits per heavy atom. The normalized spacial score (nSPS) is 11.0. The van der Waals surface area contributed by atoms with Gasteiger partial charge in [-0.3, -0.25) is 4.79 Å². The number of fused-ring (bicyclic) bond motifs is 1. The molecule has 0 aliphatic carbocycles. The molecule has 0 spiro atoms. The van der Waals surface area contributed by atoms with Crippen LogP contribution in [0.2, 0.25) is 0 Å². The third kappa shape index (κ3) is 5.15. The van der Waals surface area contributed by atoms with Crippen LogP contribution in [0.3, 0.4) is 0 Å². The van der Waals surface area contributed by atoms with Crippen LogP contribution in [-0.2, 0) is 11.2 Å². The number of rotatable bonds is 8. The van der Waals surface area contributed by atoms with Crippen LogP contribution < -0.4 is 10.2 Å². The number of aromatic nitrogens is 2. The first kappa shape index (κ1) is 22.6. The van der Waals surface area contributed by atoms with E-state index in [2.05, 4.69) is 47.8 Å². The molecule has 174 valence electrons. The Balaban J connectivity index is 1.40. The van der Waals surface area contributed by atoms with Crippen LogP contribution in [0.1, 0.15) is 5.56 Å². The van der Waals surface area contributed by atoms with Gasteiger partial charge in [0.05, 0.1) is 24.1 Å². The van der Waals surface area contributed by atoms with E-state index >= 15 is 0 Å². The number of amides is 1. The maximum Gasteiger partial charge on any atom is 0.240 e. The van der Waals surface area contributed by atoms with Crippen molar-refractivity contribution in [2.75, 3.05) is 25.0 Å². The minimum Gasteiger partial charge on any atom is -0.311 e. The predicted octanol–water partition coefficient (Wildman–Crippen LogP) is 5.49. The molecule has 1 N–H and O–H groups in total. The van der Waals surface area contributed by atoms with Gasteiger partial charge in [-0.15, -0.1) is 0 Å². The Bertz CT molecular complexity index is 1430. The number of benzene rings is 4.